The summed E-state index contributed by atoms with van der Waals surface area (Å²) in [7, 11) is 0. The van der Waals surface area contributed by atoms with Crippen molar-refractivity contribution >= 4 is 11.3 Å². The summed E-state index contributed by atoms with van der Waals surface area (Å²) in [6, 6.07) is 4.49. The van der Waals surface area contributed by atoms with Crippen LogP contribution in [-0.4, -0.2) is 29.1 Å². The monoisotopic (exact) mass is 292 g/mol. The van der Waals surface area contributed by atoms with E-state index >= 15 is 0 Å². The molecule has 0 atom stereocenters. The van der Waals surface area contributed by atoms with Gasteiger partial charge in [-0.1, -0.05) is 32.8 Å². The molecule has 1 aromatic heterocycles. The van der Waals surface area contributed by atoms with Gasteiger partial charge in [0.15, 0.2) is 0 Å². The van der Waals surface area contributed by atoms with Crippen LogP contribution in [0.4, 0.5) is 0 Å². The Morgan fingerprint density at radius 2 is 2.00 bits per heavy atom. The van der Waals surface area contributed by atoms with Crippen LogP contribution in [0.15, 0.2) is 17.5 Å². The SMILES string of the molecule is CCC1(CC)CN(Cc2cccs2)C2(CCCC2)CN1. The summed E-state index contributed by atoms with van der Waals surface area (Å²) in [6.07, 6.45) is 8.06. The normalized spacial score (nSPS) is 25.3. The Hall–Kier alpha value is -0.380. The molecular weight excluding hydrogens is 264 g/mol. The van der Waals surface area contributed by atoms with E-state index in [0.29, 0.717) is 11.1 Å². The average Bonchev–Trinajstić information content (AvgIpc) is 3.14. The molecule has 1 saturated heterocycles. The van der Waals surface area contributed by atoms with Gasteiger partial charge >= 0.3 is 0 Å². The van der Waals surface area contributed by atoms with Gasteiger partial charge in [0.25, 0.3) is 0 Å². The first-order valence-electron chi connectivity index (χ1n) is 8.24. The molecule has 1 aliphatic carbocycles. The number of hydrogen-bond donors (Lipinski definition) is 1. The van der Waals surface area contributed by atoms with Crippen molar-refractivity contribution in [2.75, 3.05) is 13.1 Å². The van der Waals surface area contributed by atoms with Crippen molar-refractivity contribution in [1.29, 1.82) is 0 Å². The van der Waals surface area contributed by atoms with E-state index in [2.05, 4.69) is 41.6 Å². The fourth-order valence-corrected chi connectivity index (χ4v) is 4.84. The predicted octanol–water partition coefficient (Wildman–Crippen LogP) is 4.02. The summed E-state index contributed by atoms with van der Waals surface area (Å²) < 4.78 is 0. The smallest absolute Gasteiger partial charge is 0.0338 e. The topological polar surface area (TPSA) is 15.3 Å². The van der Waals surface area contributed by atoms with E-state index in [-0.39, 0.29) is 0 Å². The van der Waals surface area contributed by atoms with Gasteiger partial charge in [0.2, 0.25) is 0 Å². The number of nitrogens with zero attached hydrogens (tertiary/aromatic N) is 1. The van der Waals surface area contributed by atoms with Crippen LogP contribution >= 0.6 is 11.3 Å². The zero-order valence-corrected chi connectivity index (χ0v) is 13.8. The second-order valence-corrected chi connectivity index (χ2v) is 7.74. The van der Waals surface area contributed by atoms with Crippen LogP contribution in [0.25, 0.3) is 0 Å². The minimum absolute atomic E-state index is 0.338. The van der Waals surface area contributed by atoms with E-state index in [9.17, 15) is 0 Å². The number of thiophene rings is 1. The average molecular weight is 292 g/mol. The maximum absolute atomic E-state index is 3.94. The quantitative estimate of drug-likeness (QED) is 0.901. The molecule has 1 aliphatic heterocycles. The number of rotatable bonds is 4. The van der Waals surface area contributed by atoms with E-state index in [1.165, 1.54) is 56.5 Å². The van der Waals surface area contributed by atoms with Crippen LogP contribution < -0.4 is 5.32 Å². The largest absolute Gasteiger partial charge is 0.308 e. The van der Waals surface area contributed by atoms with Gasteiger partial charge in [0, 0.05) is 35.6 Å². The Morgan fingerprint density at radius 3 is 2.60 bits per heavy atom. The molecule has 2 heterocycles. The highest BCUT2D eigenvalue weighted by atomic mass is 32.1. The Bertz CT molecular complexity index is 416. The number of nitrogens with one attached hydrogen (secondary N) is 1. The van der Waals surface area contributed by atoms with Crippen molar-refractivity contribution in [3.8, 4) is 0 Å². The highest BCUT2D eigenvalue weighted by Crippen LogP contribution is 2.40. The summed E-state index contributed by atoms with van der Waals surface area (Å²) in [6.45, 7) is 8.25. The Labute approximate surface area is 127 Å². The lowest BCUT2D eigenvalue weighted by atomic mass is 9.82. The van der Waals surface area contributed by atoms with Gasteiger partial charge in [-0.15, -0.1) is 11.3 Å². The second-order valence-electron chi connectivity index (χ2n) is 6.71. The van der Waals surface area contributed by atoms with Gasteiger partial charge in [0.05, 0.1) is 0 Å². The summed E-state index contributed by atoms with van der Waals surface area (Å²) >= 11 is 1.91. The second kappa shape index (κ2) is 5.78. The molecule has 1 saturated carbocycles. The Morgan fingerprint density at radius 1 is 1.25 bits per heavy atom. The number of piperazine rings is 1. The molecule has 1 spiro atoms. The molecule has 1 N–H and O–H groups in total. The first kappa shape index (κ1) is 14.6. The van der Waals surface area contributed by atoms with E-state index in [4.69, 9.17) is 0 Å². The summed E-state index contributed by atoms with van der Waals surface area (Å²) in [5, 5.41) is 6.15. The van der Waals surface area contributed by atoms with Crippen LogP contribution in [0, 0.1) is 0 Å². The molecule has 20 heavy (non-hydrogen) atoms. The van der Waals surface area contributed by atoms with Crippen LogP contribution in [0.3, 0.4) is 0 Å². The van der Waals surface area contributed by atoms with Crippen molar-refractivity contribution in [2.24, 2.45) is 0 Å². The van der Waals surface area contributed by atoms with Crippen LogP contribution in [0.5, 0.6) is 0 Å². The predicted molar refractivity (Wildman–Crippen MR) is 87.2 cm³/mol. The molecule has 2 aliphatic rings. The van der Waals surface area contributed by atoms with Gasteiger partial charge in [-0.25, -0.2) is 0 Å². The first-order valence-corrected chi connectivity index (χ1v) is 9.12. The van der Waals surface area contributed by atoms with Crippen molar-refractivity contribution in [3.63, 3.8) is 0 Å². The molecule has 1 aromatic rings. The fraction of sp³-hybridized carbons (Fsp3) is 0.765. The molecule has 0 radical (unpaired) electrons. The van der Waals surface area contributed by atoms with E-state index in [1.807, 2.05) is 11.3 Å². The van der Waals surface area contributed by atoms with Crippen molar-refractivity contribution in [3.05, 3.63) is 22.4 Å². The molecule has 3 heteroatoms. The van der Waals surface area contributed by atoms with Crippen molar-refractivity contribution < 1.29 is 0 Å². The molecule has 2 fully saturated rings. The molecule has 112 valence electrons. The Balaban J connectivity index is 1.82. The van der Waals surface area contributed by atoms with Gasteiger partial charge in [-0.2, -0.15) is 0 Å². The molecule has 2 nitrogen and oxygen atoms in total. The lowest BCUT2D eigenvalue weighted by Crippen LogP contribution is -2.68. The highest BCUT2D eigenvalue weighted by Gasteiger charge is 2.47. The lowest BCUT2D eigenvalue weighted by molar-refractivity contribution is -0.00141. The van der Waals surface area contributed by atoms with Gasteiger partial charge in [-0.05, 0) is 37.1 Å². The highest BCUT2D eigenvalue weighted by molar-refractivity contribution is 7.09. The van der Waals surface area contributed by atoms with Gasteiger partial charge in [-0.3, -0.25) is 4.90 Å². The lowest BCUT2D eigenvalue weighted by Gasteiger charge is -2.53. The maximum Gasteiger partial charge on any atom is 0.0338 e. The minimum atomic E-state index is 0.338. The molecule has 0 aromatic carbocycles. The van der Waals surface area contributed by atoms with Crippen LogP contribution in [-0.2, 0) is 6.54 Å². The van der Waals surface area contributed by atoms with E-state index in [0.717, 1.165) is 6.54 Å². The molecule has 3 rings (SSSR count). The summed E-state index contributed by atoms with van der Waals surface area (Å²) in [5.74, 6) is 0. The van der Waals surface area contributed by atoms with Crippen LogP contribution in [0.2, 0.25) is 0 Å². The maximum atomic E-state index is 3.94. The first-order chi connectivity index (χ1) is 9.72. The minimum Gasteiger partial charge on any atom is -0.308 e. The Kier molecular flexibility index (Phi) is 4.21. The fourth-order valence-electron chi connectivity index (χ4n) is 4.12. The molecular formula is C17H28N2S. The standard InChI is InChI=1S/C17H28N2S/c1-3-16(4-2)14-19(12-15-8-7-11-20-15)17(13-18-16)9-5-6-10-17/h7-8,11,18H,3-6,9-10,12-14H2,1-2H3. The van der Waals surface area contributed by atoms with Crippen molar-refractivity contribution in [2.45, 2.75) is 70.0 Å². The third-order valence-corrected chi connectivity index (χ3v) is 6.63. The molecule has 0 unspecified atom stereocenters. The zero-order valence-electron chi connectivity index (χ0n) is 13.0. The molecule has 0 bridgehead atoms. The van der Waals surface area contributed by atoms with Gasteiger partial charge < -0.3 is 5.32 Å². The van der Waals surface area contributed by atoms with Gasteiger partial charge in [0.1, 0.15) is 0 Å². The number of hydrogen-bond acceptors (Lipinski definition) is 3. The van der Waals surface area contributed by atoms with Crippen molar-refractivity contribution in [1.82, 2.24) is 10.2 Å². The molecule has 0 amide bonds. The van der Waals surface area contributed by atoms with E-state index in [1.54, 1.807) is 0 Å². The summed E-state index contributed by atoms with van der Waals surface area (Å²) in [5.41, 5.74) is 0.781. The van der Waals surface area contributed by atoms with Crippen LogP contribution in [0.1, 0.15) is 57.2 Å². The zero-order chi connectivity index (χ0) is 14.1. The third-order valence-electron chi connectivity index (χ3n) is 5.77. The van der Waals surface area contributed by atoms with E-state index < -0.39 is 0 Å². The summed E-state index contributed by atoms with van der Waals surface area (Å²) in [4.78, 5) is 4.36. The third kappa shape index (κ3) is 2.56.